The van der Waals surface area contributed by atoms with Crippen molar-refractivity contribution in [3.63, 3.8) is 0 Å². The van der Waals surface area contributed by atoms with Gasteiger partial charge >= 0.3 is 0 Å². The van der Waals surface area contributed by atoms with Crippen molar-refractivity contribution in [2.24, 2.45) is 5.41 Å². The maximum atomic E-state index is 6.00. The molecule has 0 saturated heterocycles. The van der Waals surface area contributed by atoms with Crippen molar-refractivity contribution in [2.75, 3.05) is 20.8 Å². The van der Waals surface area contributed by atoms with Gasteiger partial charge in [-0.2, -0.15) is 0 Å². The van der Waals surface area contributed by atoms with Gasteiger partial charge in [0.05, 0.1) is 27.4 Å². The van der Waals surface area contributed by atoms with Crippen LogP contribution < -0.4 is 4.74 Å². The van der Waals surface area contributed by atoms with Crippen molar-refractivity contribution >= 4 is 5.76 Å². The molecule has 25 heavy (non-hydrogen) atoms. The molecule has 0 fully saturated rings. The topological polar surface area (TPSA) is 27.7 Å². The second-order valence-corrected chi connectivity index (χ2v) is 6.97. The lowest BCUT2D eigenvalue weighted by Crippen LogP contribution is -2.17. The highest BCUT2D eigenvalue weighted by molar-refractivity contribution is 5.65. The van der Waals surface area contributed by atoms with Crippen LogP contribution in [0, 0.1) is 5.41 Å². The molecule has 0 saturated carbocycles. The normalized spacial score (nSPS) is 12.5. The van der Waals surface area contributed by atoms with Crippen molar-refractivity contribution < 1.29 is 14.2 Å². The molecule has 0 aliphatic heterocycles. The number of methoxy groups -OCH3 is 2. The molecule has 134 valence electrons. The van der Waals surface area contributed by atoms with Gasteiger partial charge in [-0.15, -0.1) is 0 Å². The summed E-state index contributed by atoms with van der Waals surface area (Å²) in [7, 11) is 3.38. The summed E-state index contributed by atoms with van der Waals surface area (Å²) in [5.41, 5.74) is 3.20. The largest absolute Gasteiger partial charge is 0.497 e. The van der Waals surface area contributed by atoms with Gasteiger partial charge in [-0.25, -0.2) is 0 Å². The van der Waals surface area contributed by atoms with Gasteiger partial charge in [0.2, 0.25) is 0 Å². The number of hydrogen-bond acceptors (Lipinski definition) is 3. The minimum Gasteiger partial charge on any atom is -0.497 e. The van der Waals surface area contributed by atoms with Crippen molar-refractivity contribution in [1.82, 2.24) is 0 Å². The summed E-state index contributed by atoms with van der Waals surface area (Å²) < 4.78 is 17.1. The fourth-order valence-electron chi connectivity index (χ4n) is 2.65. The predicted octanol–water partition coefficient (Wildman–Crippen LogP) is 5.32. The van der Waals surface area contributed by atoms with Gasteiger partial charge in [-0.1, -0.05) is 63.2 Å². The minimum absolute atomic E-state index is 0.0783. The molecule has 0 heterocycles. The van der Waals surface area contributed by atoms with Crippen LogP contribution in [-0.4, -0.2) is 20.8 Å². The third-order valence-corrected chi connectivity index (χ3v) is 4.07. The van der Waals surface area contributed by atoms with Crippen LogP contribution in [-0.2, 0) is 16.1 Å². The van der Waals surface area contributed by atoms with Crippen LogP contribution in [0.5, 0.6) is 5.75 Å². The van der Waals surface area contributed by atoms with Gasteiger partial charge in [0.1, 0.15) is 11.5 Å². The summed E-state index contributed by atoms with van der Waals surface area (Å²) in [4.78, 5) is 0. The first kappa shape index (κ1) is 19.1. The third kappa shape index (κ3) is 5.36. The average Bonchev–Trinajstić information content (AvgIpc) is 2.61. The molecule has 0 aliphatic carbocycles. The Morgan fingerprint density at radius 2 is 1.64 bits per heavy atom. The van der Waals surface area contributed by atoms with E-state index >= 15 is 0 Å². The highest BCUT2D eigenvalue weighted by Crippen LogP contribution is 2.34. The van der Waals surface area contributed by atoms with Crippen molar-refractivity contribution in [3.8, 4) is 5.75 Å². The quantitative estimate of drug-likeness (QED) is 0.639. The Hall–Kier alpha value is -2.26. The highest BCUT2D eigenvalue weighted by Gasteiger charge is 2.23. The van der Waals surface area contributed by atoms with Crippen LogP contribution in [0.3, 0.4) is 0 Å². The molecule has 0 spiro atoms. The molecule has 3 heteroatoms. The summed E-state index contributed by atoms with van der Waals surface area (Å²) >= 11 is 0. The van der Waals surface area contributed by atoms with Crippen molar-refractivity contribution in [3.05, 3.63) is 71.3 Å². The Balaban J connectivity index is 2.27. The van der Waals surface area contributed by atoms with E-state index in [4.69, 9.17) is 14.2 Å². The zero-order chi connectivity index (χ0) is 18.3. The molecule has 3 nitrogen and oxygen atoms in total. The van der Waals surface area contributed by atoms with E-state index in [1.807, 2.05) is 42.5 Å². The monoisotopic (exact) mass is 340 g/mol. The Labute approximate surface area is 151 Å². The molecular weight excluding hydrogens is 312 g/mol. The fraction of sp³-hybridized carbons (Fsp3) is 0.364. The molecule has 0 bridgehead atoms. The number of hydrogen-bond donors (Lipinski definition) is 0. The van der Waals surface area contributed by atoms with Crippen LogP contribution in [0.25, 0.3) is 5.76 Å². The lowest BCUT2D eigenvalue weighted by molar-refractivity contribution is 0.129. The van der Waals surface area contributed by atoms with E-state index in [1.165, 1.54) is 0 Å². The fourth-order valence-corrected chi connectivity index (χ4v) is 2.65. The van der Waals surface area contributed by atoms with E-state index in [-0.39, 0.29) is 5.41 Å². The van der Waals surface area contributed by atoms with E-state index in [0.717, 1.165) is 28.2 Å². The zero-order valence-corrected chi connectivity index (χ0v) is 15.8. The summed E-state index contributed by atoms with van der Waals surface area (Å²) in [5, 5.41) is 0. The Morgan fingerprint density at radius 3 is 2.24 bits per heavy atom. The molecule has 0 N–H and O–H groups in total. The van der Waals surface area contributed by atoms with Crippen LogP contribution >= 0.6 is 0 Å². The smallest absolute Gasteiger partial charge is 0.128 e. The summed E-state index contributed by atoms with van der Waals surface area (Å²) in [6, 6.07) is 18.1. The predicted molar refractivity (Wildman–Crippen MR) is 102 cm³/mol. The number of benzene rings is 2. The lowest BCUT2D eigenvalue weighted by atomic mass is 9.84. The molecular formula is C22H28O3. The Bertz CT molecular complexity index is 697. The number of ether oxygens (including phenoxy) is 3. The first-order valence-electron chi connectivity index (χ1n) is 8.49. The zero-order valence-electron chi connectivity index (χ0n) is 15.8. The maximum Gasteiger partial charge on any atom is 0.128 e. The molecule has 0 aromatic heterocycles. The van der Waals surface area contributed by atoms with Gasteiger partial charge < -0.3 is 14.2 Å². The van der Waals surface area contributed by atoms with Crippen molar-refractivity contribution in [2.45, 2.75) is 27.4 Å². The molecule has 0 unspecified atom stereocenters. The standard InChI is InChI=1S/C22H28O3/c1-22(2,3)20(16-25-15-17-10-7-6-8-11-17)21(24-5)18-12-9-13-19(14-18)23-4/h6-14H,15-16H2,1-5H3. The van der Waals surface area contributed by atoms with Gasteiger partial charge in [-0.3, -0.25) is 0 Å². The highest BCUT2D eigenvalue weighted by atomic mass is 16.5. The molecule has 0 radical (unpaired) electrons. The van der Waals surface area contributed by atoms with Gasteiger partial charge in [0.15, 0.2) is 0 Å². The van der Waals surface area contributed by atoms with Crippen molar-refractivity contribution in [1.29, 1.82) is 0 Å². The van der Waals surface area contributed by atoms with Gasteiger partial charge in [-0.05, 0) is 23.1 Å². The van der Waals surface area contributed by atoms with E-state index in [2.05, 4.69) is 32.9 Å². The summed E-state index contributed by atoms with van der Waals surface area (Å²) in [6.07, 6.45) is 0. The van der Waals surface area contributed by atoms with E-state index in [1.54, 1.807) is 14.2 Å². The Kier molecular flexibility index (Phi) is 6.65. The maximum absolute atomic E-state index is 6.00. The molecule has 2 aromatic rings. The van der Waals surface area contributed by atoms with Crippen LogP contribution in [0.4, 0.5) is 0 Å². The van der Waals surface area contributed by atoms with Crippen LogP contribution in [0.1, 0.15) is 31.9 Å². The average molecular weight is 340 g/mol. The molecule has 0 aliphatic rings. The van der Waals surface area contributed by atoms with E-state index < -0.39 is 0 Å². The second kappa shape index (κ2) is 8.72. The van der Waals surface area contributed by atoms with Gasteiger partial charge in [0.25, 0.3) is 0 Å². The first-order valence-corrected chi connectivity index (χ1v) is 8.49. The summed E-state index contributed by atoms with van der Waals surface area (Å²) in [6.45, 7) is 7.61. The summed E-state index contributed by atoms with van der Waals surface area (Å²) in [5.74, 6) is 1.66. The first-order chi connectivity index (χ1) is 12.0. The Morgan fingerprint density at radius 1 is 0.920 bits per heavy atom. The van der Waals surface area contributed by atoms with E-state index in [0.29, 0.717) is 13.2 Å². The molecule has 2 aromatic carbocycles. The lowest BCUT2D eigenvalue weighted by Gasteiger charge is -2.26. The third-order valence-electron chi connectivity index (χ3n) is 4.07. The second-order valence-electron chi connectivity index (χ2n) is 6.97. The SMILES string of the molecule is COC(=C(COCc1ccccc1)C(C)(C)C)c1cccc(OC)c1. The van der Waals surface area contributed by atoms with Crippen LogP contribution in [0.2, 0.25) is 0 Å². The van der Waals surface area contributed by atoms with Crippen LogP contribution in [0.15, 0.2) is 60.2 Å². The molecule has 0 amide bonds. The van der Waals surface area contributed by atoms with Gasteiger partial charge in [0, 0.05) is 11.1 Å². The minimum atomic E-state index is -0.0783. The molecule has 2 rings (SSSR count). The molecule has 0 atom stereocenters. The van der Waals surface area contributed by atoms with E-state index in [9.17, 15) is 0 Å². The number of rotatable bonds is 7.